The molecule has 2 heteroatoms. The summed E-state index contributed by atoms with van der Waals surface area (Å²) in [6, 6.07) is 1.48. The van der Waals surface area contributed by atoms with Crippen molar-refractivity contribution >= 4 is 21.1 Å². The molecule has 7 heavy (non-hydrogen) atoms. The average molecular weight is 137 g/mol. The van der Waals surface area contributed by atoms with Gasteiger partial charge in [-0.3, -0.25) is 0 Å². The zero-order valence-corrected chi connectivity index (χ0v) is 7.08. The molecule has 0 bridgehead atoms. The standard InChI is InChI=1S/C5H13ClSi/c1-7-5-3-2-4-6/h2-5,7H2,1H3. The van der Waals surface area contributed by atoms with Crippen molar-refractivity contribution in [3.63, 3.8) is 0 Å². The first-order valence-electron chi connectivity index (χ1n) is 2.97. The molecule has 0 heterocycles. The van der Waals surface area contributed by atoms with Gasteiger partial charge in [-0.15, -0.1) is 11.6 Å². The highest BCUT2D eigenvalue weighted by Gasteiger charge is 1.81. The van der Waals surface area contributed by atoms with Crippen LogP contribution < -0.4 is 0 Å². The second-order valence-corrected chi connectivity index (χ2v) is 3.83. The Morgan fingerprint density at radius 3 is 2.57 bits per heavy atom. The zero-order chi connectivity index (χ0) is 5.54. The molecule has 0 nitrogen and oxygen atoms in total. The molecule has 0 aromatic rings. The number of hydrogen-bond donors (Lipinski definition) is 0. The quantitative estimate of drug-likeness (QED) is 0.313. The fourth-order valence-corrected chi connectivity index (χ4v) is 1.56. The lowest BCUT2D eigenvalue weighted by Gasteiger charge is -1.89. The van der Waals surface area contributed by atoms with Crippen molar-refractivity contribution in [2.24, 2.45) is 0 Å². The topological polar surface area (TPSA) is 0 Å². The Bertz CT molecular complexity index is 27.3. The summed E-state index contributed by atoms with van der Waals surface area (Å²) in [7, 11) is 0.335. The van der Waals surface area contributed by atoms with Gasteiger partial charge in [0.1, 0.15) is 0 Å². The van der Waals surface area contributed by atoms with E-state index in [4.69, 9.17) is 11.6 Å². The molecule has 0 saturated carbocycles. The summed E-state index contributed by atoms with van der Waals surface area (Å²) in [4.78, 5) is 0. The summed E-state index contributed by atoms with van der Waals surface area (Å²) in [6.07, 6.45) is 2.59. The molecule has 0 aliphatic heterocycles. The number of unbranched alkanes of at least 4 members (excludes halogenated alkanes) is 1. The second kappa shape index (κ2) is 6.51. The molecular weight excluding hydrogens is 124 g/mol. The predicted molar refractivity (Wildman–Crippen MR) is 39.2 cm³/mol. The van der Waals surface area contributed by atoms with E-state index in [-0.39, 0.29) is 0 Å². The highest BCUT2D eigenvalue weighted by atomic mass is 35.5. The van der Waals surface area contributed by atoms with Crippen molar-refractivity contribution in [3.8, 4) is 0 Å². The molecule has 0 atom stereocenters. The van der Waals surface area contributed by atoms with E-state index in [2.05, 4.69) is 6.55 Å². The molecule has 0 aromatic carbocycles. The van der Waals surface area contributed by atoms with E-state index >= 15 is 0 Å². The molecule has 0 N–H and O–H groups in total. The van der Waals surface area contributed by atoms with Crippen LogP contribution in [0.25, 0.3) is 0 Å². The van der Waals surface area contributed by atoms with Gasteiger partial charge in [0.2, 0.25) is 0 Å². The minimum atomic E-state index is 0.335. The average Bonchev–Trinajstić information content (AvgIpc) is 1.69. The van der Waals surface area contributed by atoms with Gasteiger partial charge in [0.25, 0.3) is 0 Å². The van der Waals surface area contributed by atoms with Gasteiger partial charge in [-0.05, 0) is 6.42 Å². The number of rotatable bonds is 4. The van der Waals surface area contributed by atoms with Gasteiger partial charge in [0, 0.05) is 15.4 Å². The number of hydrogen-bond acceptors (Lipinski definition) is 0. The maximum absolute atomic E-state index is 5.45. The molecule has 0 aliphatic rings. The first-order chi connectivity index (χ1) is 3.41. The first-order valence-corrected chi connectivity index (χ1v) is 5.92. The van der Waals surface area contributed by atoms with Crippen LogP contribution in [0, 0.1) is 0 Å². The Hall–Kier alpha value is 0.507. The van der Waals surface area contributed by atoms with Crippen LogP contribution in [0.4, 0.5) is 0 Å². The van der Waals surface area contributed by atoms with Crippen LogP contribution in [0.1, 0.15) is 12.8 Å². The van der Waals surface area contributed by atoms with Gasteiger partial charge in [-0.1, -0.05) is 19.0 Å². The minimum Gasteiger partial charge on any atom is -0.127 e. The van der Waals surface area contributed by atoms with Crippen LogP contribution in [0.5, 0.6) is 0 Å². The fourth-order valence-electron chi connectivity index (χ4n) is 0.521. The molecule has 0 spiro atoms. The molecule has 0 aromatic heterocycles. The highest BCUT2D eigenvalue weighted by molar-refractivity contribution is 6.33. The van der Waals surface area contributed by atoms with Crippen LogP contribution in [0.15, 0.2) is 0 Å². The van der Waals surface area contributed by atoms with E-state index in [1.54, 1.807) is 0 Å². The maximum Gasteiger partial charge on any atom is 0.0223 e. The summed E-state index contributed by atoms with van der Waals surface area (Å²) in [6.45, 7) is 2.34. The van der Waals surface area contributed by atoms with Gasteiger partial charge in [-0.25, -0.2) is 0 Å². The van der Waals surface area contributed by atoms with E-state index in [0.717, 1.165) is 5.88 Å². The Morgan fingerprint density at radius 2 is 2.14 bits per heavy atom. The van der Waals surface area contributed by atoms with Gasteiger partial charge in [0.15, 0.2) is 0 Å². The molecule has 0 unspecified atom stereocenters. The molecule has 0 amide bonds. The monoisotopic (exact) mass is 136 g/mol. The van der Waals surface area contributed by atoms with Crippen LogP contribution >= 0.6 is 11.6 Å². The highest BCUT2D eigenvalue weighted by Crippen LogP contribution is 1.95. The van der Waals surface area contributed by atoms with E-state index < -0.39 is 0 Å². The van der Waals surface area contributed by atoms with Crippen molar-refractivity contribution in [2.75, 3.05) is 5.88 Å². The van der Waals surface area contributed by atoms with Crippen molar-refractivity contribution in [1.82, 2.24) is 0 Å². The largest absolute Gasteiger partial charge is 0.127 e. The molecule has 0 rings (SSSR count). The van der Waals surface area contributed by atoms with Crippen LogP contribution in [0.3, 0.4) is 0 Å². The molecule has 0 radical (unpaired) electrons. The predicted octanol–water partition coefficient (Wildman–Crippen LogP) is 1.64. The van der Waals surface area contributed by atoms with Gasteiger partial charge in [-0.2, -0.15) is 0 Å². The van der Waals surface area contributed by atoms with Crippen molar-refractivity contribution < 1.29 is 0 Å². The minimum absolute atomic E-state index is 0.335. The Balaban J connectivity index is 2.45. The van der Waals surface area contributed by atoms with Gasteiger partial charge in [0.05, 0.1) is 0 Å². The molecule has 0 aliphatic carbocycles. The molecular formula is C5H13ClSi. The molecule has 44 valence electrons. The Morgan fingerprint density at radius 1 is 1.43 bits per heavy atom. The first kappa shape index (κ1) is 7.51. The SMILES string of the molecule is C[SiH2]CCCCCl. The van der Waals surface area contributed by atoms with Crippen molar-refractivity contribution in [1.29, 1.82) is 0 Å². The van der Waals surface area contributed by atoms with Crippen LogP contribution in [0.2, 0.25) is 12.6 Å². The summed E-state index contributed by atoms with van der Waals surface area (Å²) in [5, 5.41) is 0. The lowest BCUT2D eigenvalue weighted by molar-refractivity contribution is 0.886. The lowest BCUT2D eigenvalue weighted by atomic mass is 10.4. The van der Waals surface area contributed by atoms with Crippen LogP contribution in [-0.2, 0) is 0 Å². The third-order valence-electron chi connectivity index (χ3n) is 0.987. The second-order valence-electron chi connectivity index (χ2n) is 1.75. The Kier molecular flexibility index (Phi) is 6.98. The Labute approximate surface area is 53.1 Å². The zero-order valence-electron chi connectivity index (χ0n) is 4.91. The smallest absolute Gasteiger partial charge is 0.0223 e. The van der Waals surface area contributed by atoms with E-state index in [9.17, 15) is 0 Å². The summed E-state index contributed by atoms with van der Waals surface area (Å²) >= 11 is 5.45. The molecule has 0 saturated heterocycles. The normalized spacial score (nSPS) is 11.1. The number of halogens is 1. The van der Waals surface area contributed by atoms with Gasteiger partial charge < -0.3 is 0 Å². The van der Waals surface area contributed by atoms with E-state index in [1.807, 2.05) is 0 Å². The number of alkyl halides is 1. The van der Waals surface area contributed by atoms with Crippen molar-refractivity contribution in [2.45, 2.75) is 25.4 Å². The van der Waals surface area contributed by atoms with Gasteiger partial charge >= 0.3 is 0 Å². The molecule has 0 fully saturated rings. The van der Waals surface area contributed by atoms with E-state index in [1.165, 1.54) is 18.9 Å². The summed E-state index contributed by atoms with van der Waals surface area (Å²) < 4.78 is 0. The lowest BCUT2D eigenvalue weighted by Crippen LogP contribution is -1.81. The van der Waals surface area contributed by atoms with E-state index in [0.29, 0.717) is 9.52 Å². The maximum atomic E-state index is 5.45. The third-order valence-corrected chi connectivity index (χ3v) is 2.46. The summed E-state index contributed by atoms with van der Waals surface area (Å²) in [5.74, 6) is 0.856. The fraction of sp³-hybridized carbons (Fsp3) is 1.00. The summed E-state index contributed by atoms with van der Waals surface area (Å²) in [5.41, 5.74) is 0. The van der Waals surface area contributed by atoms with Crippen molar-refractivity contribution in [3.05, 3.63) is 0 Å². The third kappa shape index (κ3) is 6.51. The van der Waals surface area contributed by atoms with Crippen LogP contribution in [-0.4, -0.2) is 15.4 Å².